The lowest BCUT2D eigenvalue weighted by Crippen LogP contribution is -2.20. The summed E-state index contributed by atoms with van der Waals surface area (Å²) >= 11 is 0. The fourth-order valence-corrected chi connectivity index (χ4v) is 2.03. The Kier molecular flexibility index (Phi) is 4.57. The van der Waals surface area contributed by atoms with Crippen molar-refractivity contribution in [3.8, 4) is 5.75 Å². The second kappa shape index (κ2) is 6.38. The first kappa shape index (κ1) is 14.3. The third kappa shape index (κ3) is 3.48. The van der Waals surface area contributed by atoms with Gasteiger partial charge in [-0.1, -0.05) is 0 Å². The van der Waals surface area contributed by atoms with Crippen LogP contribution in [0.2, 0.25) is 0 Å². The molecule has 0 unspecified atom stereocenters. The van der Waals surface area contributed by atoms with Gasteiger partial charge in [0.05, 0.1) is 25.5 Å². The molecule has 2 aromatic rings. The molecule has 20 heavy (non-hydrogen) atoms. The third-order valence-corrected chi connectivity index (χ3v) is 3.11. The van der Waals surface area contributed by atoms with Crippen LogP contribution in [0.1, 0.15) is 11.3 Å². The minimum atomic E-state index is 0.529. The second-order valence-corrected chi connectivity index (χ2v) is 4.95. The van der Waals surface area contributed by atoms with E-state index in [4.69, 9.17) is 10.5 Å². The van der Waals surface area contributed by atoms with Crippen molar-refractivity contribution < 1.29 is 4.74 Å². The highest BCUT2D eigenvalue weighted by atomic mass is 16.5. The molecule has 2 N–H and O–H groups in total. The van der Waals surface area contributed by atoms with Crippen LogP contribution in [0, 0.1) is 0 Å². The molecule has 0 radical (unpaired) electrons. The molecule has 0 bridgehead atoms. The first-order valence-corrected chi connectivity index (χ1v) is 6.54. The average Bonchev–Trinajstić information content (AvgIpc) is 2.78. The number of pyridine rings is 1. The number of aromatic nitrogens is 3. The molecule has 0 amide bonds. The van der Waals surface area contributed by atoms with Crippen molar-refractivity contribution in [2.75, 3.05) is 33.5 Å². The van der Waals surface area contributed by atoms with E-state index in [1.54, 1.807) is 19.5 Å². The quantitative estimate of drug-likeness (QED) is 0.852. The van der Waals surface area contributed by atoms with Gasteiger partial charge in [0.25, 0.3) is 0 Å². The van der Waals surface area contributed by atoms with Crippen LogP contribution in [0.3, 0.4) is 0 Å². The van der Waals surface area contributed by atoms with Crippen LogP contribution in [-0.4, -0.2) is 47.4 Å². The summed E-state index contributed by atoms with van der Waals surface area (Å²) < 4.78 is 7.37. The smallest absolute Gasteiger partial charge is 0.160 e. The molecule has 0 spiro atoms. The lowest BCUT2D eigenvalue weighted by Gasteiger charge is -2.13. The minimum absolute atomic E-state index is 0.529. The molecule has 0 atom stereocenters. The van der Waals surface area contributed by atoms with Gasteiger partial charge in [-0.25, -0.2) is 4.98 Å². The van der Waals surface area contributed by atoms with E-state index >= 15 is 0 Å². The van der Waals surface area contributed by atoms with Gasteiger partial charge in [0.15, 0.2) is 5.75 Å². The Morgan fingerprint density at radius 2 is 2.20 bits per heavy atom. The van der Waals surface area contributed by atoms with Crippen molar-refractivity contribution >= 4 is 5.82 Å². The predicted molar refractivity (Wildman–Crippen MR) is 78.8 cm³/mol. The predicted octanol–water partition coefficient (Wildman–Crippen LogP) is 1.02. The van der Waals surface area contributed by atoms with Gasteiger partial charge < -0.3 is 15.4 Å². The molecular formula is C14H21N5O. The minimum Gasteiger partial charge on any atom is -0.493 e. The van der Waals surface area contributed by atoms with E-state index in [9.17, 15) is 0 Å². The van der Waals surface area contributed by atoms with Crippen molar-refractivity contribution in [3.05, 3.63) is 35.8 Å². The largest absolute Gasteiger partial charge is 0.493 e. The Hall–Kier alpha value is -2.08. The molecule has 0 fully saturated rings. The molecule has 0 saturated carbocycles. The van der Waals surface area contributed by atoms with Crippen LogP contribution in [0.5, 0.6) is 5.75 Å². The summed E-state index contributed by atoms with van der Waals surface area (Å²) in [6.07, 6.45) is 4.20. The third-order valence-electron chi connectivity index (χ3n) is 3.11. The number of nitrogens with two attached hydrogens (primary N) is 1. The van der Waals surface area contributed by atoms with E-state index in [0.717, 1.165) is 36.5 Å². The average molecular weight is 275 g/mol. The Balaban J connectivity index is 2.22. The Morgan fingerprint density at radius 1 is 1.40 bits per heavy atom. The van der Waals surface area contributed by atoms with Crippen molar-refractivity contribution in [1.29, 1.82) is 0 Å². The molecule has 2 aromatic heterocycles. The van der Waals surface area contributed by atoms with Crippen LogP contribution in [0.4, 0.5) is 5.82 Å². The van der Waals surface area contributed by atoms with Gasteiger partial charge in [-0.3, -0.25) is 4.68 Å². The van der Waals surface area contributed by atoms with Gasteiger partial charge in [0, 0.05) is 19.2 Å². The highest BCUT2D eigenvalue weighted by molar-refractivity contribution is 5.36. The monoisotopic (exact) mass is 275 g/mol. The summed E-state index contributed by atoms with van der Waals surface area (Å²) in [4.78, 5) is 6.14. The Bertz CT molecular complexity index is 564. The van der Waals surface area contributed by atoms with E-state index < -0.39 is 0 Å². The molecule has 0 saturated heterocycles. The van der Waals surface area contributed by atoms with E-state index in [2.05, 4.69) is 15.0 Å². The van der Waals surface area contributed by atoms with Crippen molar-refractivity contribution in [1.82, 2.24) is 19.7 Å². The Labute approximate surface area is 119 Å². The van der Waals surface area contributed by atoms with Crippen molar-refractivity contribution in [3.63, 3.8) is 0 Å². The van der Waals surface area contributed by atoms with E-state index in [1.807, 2.05) is 30.9 Å². The molecule has 2 heterocycles. The summed E-state index contributed by atoms with van der Waals surface area (Å²) in [6, 6.07) is 3.84. The number of ether oxygens (including phenoxy) is 1. The lowest BCUT2D eigenvalue weighted by atomic mass is 10.1. The topological polar surface area (TPSA) is 69.2 Å². The van der Waals surface area contributed by atoms with Gasteiger partial charge in [-0.05, 0) is 31.8 Å². The number of rotatable bonds is 6. The number of nitrogens with zero attached hydrogens (tertiary/aromatic N) is 4. The van der Waals surface area contributed by atoms with Gasteiger partial charge in [-0.15, -0.1) is 0 Å². The van der Waals surface area contributed by atoms with Crippen LogP contribution in [0.25, 0.3) is 0 Å². The first-order valence-electron chi connectivity index (χ1n) is 6.54. The SMILES string of the molecule is COc1cnn(CCN(C)C)c1Cc1ccnc(N)c1. The fourth-order valence-electron chi connectivity index (χ4n) is 2.03. The molecule has 6 heteroatoms. The van der Waals surface area contributed by atoms with Crippen LogP contribution in [-0.2, 0) is 13.0 Å². The first-order chi connectivity index (χ1) is 9.60. The van der Waals surface area contributed by atoms with E-state index in [1.165, 1.54) is 0 Å². The maximum absolute atomic E-state index is 5.72. The maximum Gasteiger partial charge on any atom is 0.160 e. The van der Waals surface area contributed by atoms with Crippen LogP contribution in [0.15, 0.2) is 24.5 Å². The lowest BCUT2D eigenvalue weighted by molar-refractivity contribution is 0.366. The van der Waals surface area contributed by atoms with E-state index in [0.29, 0.717) is 5.82 Å². The number of hydrogen-bond acceptors (Lipinski definition) is 5. The van der Waals surface area contributed by atoms with Crippen molar-refractivity contribution in [2.45, 2.75) is 13.0 Å². The molecule has 2 rings (SSSR count). The number of likely N-dealkylation sites (N-methyl/N-ethyl adjacent to an activating group) is 1. The summed E-state index contributed by atoms with van der Waals surface area (Å²) in [6.45, 7) is 1.75. The summed E-state index contributed by atoms with van der Waals surface area (Å²) in [5, 5.41) is 4.40. The zero-order valence-electron chi connectivity index (χ0n) is 12.2. The van der Waals surface area contributed by atoms with Crippen LogP contribution >= 0.6 is 0 Å². The molecule has 6 nitrogen and oxygen atoms in total. The van der Waals surface area contributed by atoms with Gasteiger partial charge in [0.1, 0.15) is 5.82 Å². The number of hydrogen-bond donors (Lipinski definition) is 1. The van der Waals surface area contributed by atoms with Crippen LogP contribution < -0.4 is 10.5 Å². The highest BCUT2D eigenvalue weighted by Crippen LogP contribution is 2.21. The standard InChI is InChI=1S/C14H21N5O/c1-18(2)6-7-19-12(13(20-3)10-17-19)8-11-4-5-16-14(15)9-11/h4-5,9-10H,6-8H2,1-3H3,(H2,15,16). The number of anilines is 1. The zero-order chi connectivity index (χ0) is 14.5. The molecule has 108 valence electrons. The zero-order valence-corrected chi connectivity index (χ0v) is 12.2. The molecule has 0 aliphatic heterocycles. The molecule has 0 aliphatic rings. The molecular weight excluding hydrogens is 254 g/mol. The Morgan fingerprint density at radius 3 is 2.85 bits per heavy atom. The van der Waals surface area contributed by atoms with Gasteiger partial charge >= 0.3 is 0 Å². The summed E-state index contributed by atoms with van der Waals surface area (Å²) in [7, 11) is 5.76. The van der Waals surface area contributed by atoms with E-state index in [-0.39, 0.29) is 0 Å². The highest BCUT2D eigenvalue weighted by Gasteiger charge is 2.12. The molecule has 0 aromatic carbocycles. The summed E-state index contributed by atoms with van der Waals surface area (Å²) in [5.74, 6) is 1.33. The number of methoxy groups -OCH3 is 1. The second-order valence-electron chi connectivity index (χ2n) is 4.95. The summed E-state index contributed by atoms with van der Waals surface area (Å²) in [5.41, 5.74) is 7.88. The van der Waals surface area contributed by atoms with Crippen molar-refractivity contribution in [2.24, 2.45) is 0 Å². The van der Waals surface area contributed by atoms with Gasteiger partial charge in [0.2, 0.25) is 0 Å². The normalized spacial score (nSPS) is 11.0. The fraction of sp³-hybridized carbons (Fsp3) is 0.429. The number of nitrogen functional groups attached to an aromatic ring is 1. The molecule has 0 aliphatic carbocycles. The van der Waals surface area contributed by atoms with Gasteiger partial charge in [-0.2, -0.15) is 5.10 Å². The maximum atomic E-state index is 5.72.